The molecule has 6 nitrogen and oxygen atoms in total. The Hall–Kier alpha value is -4.13. The zero-order valence-corrected chi connectivity index (χ0v) is 21.8. The SMILES string of the molecule is Cn1c(=O)c(-c2ccc(C[C@H](NC(=O)c3c(Cl)cccc3Cl)C(=O)O)c3ccccc23)cc2ccccc21. The number of rotatable bonds is 6. The molecule has 0 fully saturated rings. The first-order valence-corrected chi connectivity index (χ1v) is 12.6. The molecule has 1 aromatic heterocycles. The van der Waals surface area contributed by atoms with Crippen molar-refractivity contribution in [1.82, 2.24) is 9.88 Å². The molecule has 0 aliphatic carbocycles. The molecule has 1 atom stereocenters. The van der Waals surface area contributed by atoms with Crippen LogP contribution in [-0.2, 0) is 18.3 Å². The molecule has 190 valence electrons. The van der Waals surface area contributed by atoms with Gasteiger partial charge >= 0.3 is 5.97 Å². The summed E-state index contributed by atoms with van der Waals surface area (Å²) >= 11 is 12.3. The molecule has 8 heteroatoms. The van der Waals surface area contributed by atoms with Crippen LogP contribution in [0.5, 0.6) is 0 Å². The van der Waals surface area contributed by atoms with Gasteiger partial charge in [0, 0.05) is 19.0 Å². The number of carbonyl (C=O) groups excluding carboxylic acids is 1. The van der Waals surface area contributed by atoms with E-state index in [9.17, 15) is 19.5 Å². The Balaban J connectivity index is 1.56. The first-order valence-electron chi connectivity index (χ1n) is 11.8. The molecular weight excluding hydrogens is 523 g/mol. The number of hydrogen-bond donors (Lipinski definition) is 2. The number of aliphatic carboxylic acids is 1. The van der Waals surface area contributed by atoms with Gasteiger partial charge in [0.1, 0.15) is 6.04 Å². The number of aryl methyl sites for hydroxylation is 1. The van der Waals surface area contributed by atoms with Crippen molar-refractivity contribution in [3.8, 4) is 11.1 Å². The number of carbonyl (C=O) groups is 2. The topological polar surface area (TPSA) is 88.4 Å². The van der Waals surface area contributed by atoms with Crippen molar-refractivity contribution < 1.29 is 14.7 Å². The molecule has 0 radical (unpaired) electrons. The molecule has 2 N–H and O–H groups in total. The van der Waals surface area contributed by atoms with E-state index >= 15 is 0 Å². The van der Waals surface area contributed by atoms with Gasteiger partial charge in [-0.2, -0.15) is 0 Å². The number of nitrogens with zero attached hydrogens (tertiary/aromatic N) is 1. The standard InChI is InChI=1S/C30H22Cl2N2O4/c1-34-26-12-5-2-7-18(26)15-22(29(34)36)21-14-13-17(19-8-3-4-9-20(19)21)16-25(30(37)38)33-28(35)27-23(31)10-6-11-24(27)32/h2-15,25H,16H2,1H3,(H,33,35)(H,37,38)/t25-/m0/s1. The lowest BCUT2D eigenvalue weighted by molar-refractivity contribution is -0.139. The molecule has 0 aliphatic heterocycles. The molecule has 0 unspecified atom stereocenters. The van der Waals surface area contributed by atoms with Crippen molar-refractivity contribution in [2.45, 2.75) is 12.5 Å². The molecule has 1 amide bonds. The molecule has 5 aromatic rings. The number of pyridine rings is 1. The van der Waals surface area contributed by atoms with E-state index in [1.54, 1.807) is 23.7 Å². The smallest absolute Gasteiger partial charge is 0.326 e. The maximum absolute atomic E-state index is 13.3. The van der Waals surface area contributed by atoms with Crippen molar-refractivity contribution in [3.63, 3.8) is 0 Å². The van der Waals surface area contributed by atoms with E-state index in [0.29, 0.717) is 11.1 Å². The lowest BCUT2D eigenvalue weighted by atomic mass is 9.92. The fourth-order valence-electron chi connectivity index (χ4n) is 4.75. The molecule has 0 spiro atoms. The van der Waals surface area contributed by atoms with E-state index in [1.807, 2.05) is 60.7 Å². The van der Waals surface area contributed by atoms with E-state index in [1.165, 1.54) is 12.1 Å². The Morgan fingerprint density at radius 1 is 0.868 bits per heavy atom. The summed E-state index contributed by atoms with van der Waals surface area (Å²) in [7, 11) is 1.75. The van der Waals surface area contributed by atoms with Crippen LogP contribution in [0.25, 0.3) is 32.8 Å². The number of amides is 1. The zero-order chi connectivity index (χ0) is 27.0. The lowest BCUT2D eigenvalue weighted by Gasteiger charge is -2.18. The van der Waals surface area contributed by atoms with E-state index in [0.717, 1.165) is 27.2 Å². The molecule has 4 aromatic carbocycles. The summed E-state index contributed by atoms with van der Waals surface area (Å²) in [4.78, 5) is 38.3. The van der Waals surface area contributed by atoms with Crippen LogP contribution in [0, 0.1) is 0 Å². The molecule has 38 heavy (non-hydrogen) atoms. The first kappa shape index (κ1) is 25.5. The summed E-state index contributed by atoms with van der Waals surface area (Å²) < 4.78 is 1.63. The number of hydrogen-bond acceptors (Lipinski definition) is 3. The fraction of sp³-hybridized carbons (Fsp3) is 0.100. The molecule has 1 heterocycles. The van der Waals surface area contributed by atoms with Crippen LogP contribution in [0.15, 0.2) is 89.7 Å². The molecule has 5 rings (SSSR count). The van der Waals surface area contributed by atoms with Gasteiger partial charge in [0.25, 0.3) is 11.5 Å². The molecule has 0 aliphatic rings. The minimum atomic E-state index is -1.24. The van der Waals surface area contributed by atoms with Crippen LogP contribution < -0.4 is 10.9 Å². The minimum Gasteiger partial charge on any atom is -0.480 e. The summed E-state index contributed by atoms with van der Waals surface area (Å²) in [6, 6.07) is 24.1. The number of aromatic nitrogens is 1. The number of carboxylic acids is 1. The van der Waals surface area contributed by atoms with Crippen LogP contribution in [0.4, 0.5) is 0 Å². The van der Waals surface area contributed by atoms with Gasteiger partial charge in [0.15, 0.2) is 0 Å². The molecule has 0 saturated heterocycles. The summed E-state index contributed by atoms with van der Waals surface area (Å²) in [6.07, 6.45) is 0.0136. The van der Waals surface area contributed by atoms with Crippen molar-refractivity contribution >= 4 is 56.8 Å². The van der Waals surface area contributed by atoms with Gasteiger partial charge in [-0.25, -0.2) is 4.79 Å². The van der Waals surface area contributed by atoms with E-state index in [4.69, 9.17) is 23.2 Å². The first-order chi connectivity index (χ1) is 18.3. The zero-order valence-electron chi connectivity index (χ0n) is 20.2. The highest BCUT2D eigenvalue weighted by Gasteiger charge is 2.25. The van der Waals surface area contributed by atoms with Gasteiger partial charge in [-0.15, -0.1) is 0 Å². The largest absolute Gasteiger partial charge is 0.480 e. The van der Waals surface area contributed by atoms with Crippen LogP contribution in [0.1, 0.15) is 15.9 Å². The predicted molar refractivity (Wildman–Crippen MR) is 151 cm³/mol. The summed E-state index contributed by atoms with van der Waals surface area (Å²) in [6.45, 7) is 0. The van der Waals surface area contributed by atoms with Gasteiger partial charge in [-0.3, -0.25) is 9.59 Å². The van der Waals surface area contributed by atoms with Gasteiger partial charge in [-0.1, -0.05) is 83.9 Å². The lowest BCUT2D eigenvalue weighted by Crippen LogP contribution is -2.42. The third-order valence-corrected chi connectivity index (χ3v) is 7.28. The number of fused-ring (bicyclic) bond motifs is 2. The Morgan fingerprint density at radius 3 is 2.24 bits per heavy atom. The van der Waals surface area contributed by atoms with Crippen molar-refractivity contribution in [1.29, 1.82) is 0 Å². The number of carboxylic acid groups (broad SMARTS) is 1. The number of nitrogens with one attached hydrogen (secondary N) is 1. The van der Waals surface area contributed by atoms with E-state index in [2.05, 4.69) is 5.32 Å². The fourth-order valence-corrected chi connectivity index (χ4v) is 5.32. The normalized spacial score (nSPS) is 12.0. The Kier molecular flexibility index (Phi) is 6.93. The second-order valence-electron chi connectivity index (χ2n) is 8.96. The number of halogens is 2. The molecule has 0 bridgehead atoms. The number of benzene rings is 4. The average Bonchev–Trinajstić information content (AvgIpc) is 2.90. The van der Waals surface area contributed by atoms with Gasteiger partial charge in [0.2, 0.25) is 0 Å². The highest BCUT2D eigenvalue weighted by atomic mass is 35.5. The Bertz CT molecular complexity index is 1780. The summed E-state index contributed by atoms with van der Waals surface area (Å²) in [5.74, 6) is -1.87. The average molecular weight is 545 g/mol. The van der Waals surface area contributed by atoms with Gasteiger partial charge < -0.3 is 15.0 Å². The third-order valence-electron chi connectivity index (χ3n) is 6.65. The van der Waals surface area contributed by atoms with Crippen molar-refractivity contribution in [2.75, 3.05) is 0 Å². The van der Waals surface area contributed by atoms with Crippen LogP contribution >= 0.6 is 23.2 Å². The van der Waals surface area contributed by atoms with Crippen molar-refractivity contribution in [3.05, 3.63) is 116 Å². The second-order valence-corrected chi connectivity index (χ2v) is 9.78. The number of para-hydroxylation sites is 1. The van der Waals surface area contributed by atoms with E-state index < -0.39 is 17.9 Å². The van der Waals surface area contributed by atoms with E-state index in [-0.39, 0.29) is 27.6 Å². The Labute approximate surface area is 228 Å². The van der Waals surface area contributed by atoms with Gasteiger partial charge in [-0.05, 0) is 51.6 Å². The van der Waals surface area contributed by atoms with Crippen LogP contribution in [0.2, 0.25) is 10.0 Å². The highest BCUT2D eigenvalue weighted by Crippen LogP contribution is 2.31. The molecule has 0 saturated carbocycles. The minimum absolute atomic E-state index is 0.0136. The highest BCUT2D eigenvalue weighted by molar-refractivity contribution is 6.39. The van der Waals surface area contributed by atoms with Crippen LogP contribution in [-0.4, -0.2) is 27.6 Å². The monoisotopic (exact) mass is 544 g/mol. The van der Waals surface area contributed by atoms with Crippen molar-refractivity contribution in [2.24, 2.45) is 7.05 Å². The van der Waals surface area contributed by atoms with Gasteiger partial charge in [0.05, 0.1) is 21.1 Å². The maximum atomic E-state index is 13.3. The quantitative estimate of drug-likeness (QED) is 0.270. The Morgan fingerprint density at radius 2 is 1.53 bits per heavy atom. The summed E-state index contributed by atoms with van der Waals surface area (Å²) in [5.41, 5.74) is 2.73. The van der Waals surface area contributed by atoms with Crippen LogP contribution in [0.3, 0.4) is 0 Å². The third kappa shape index (κ3) is 4.64. The maximum Gasteiger partial charge on any atom is 0.326 e. The summed E-state index contributed by atoms with van der Waals surface area (Å²) in [5, 5.41) is 15.3. The molecular formula is C30H22Cl2N2O4. The second kappa shape index (κ2) is 10.3. The predicted octanol–water partition coefficient (Wildman–Crippen LogP) is 6.09.